The summed E-state index contributed by atoms with van der Waals surface area (Å²) in [5.74, 6) is 1.01. The van der Waals surface area contributed by atoms with Crippen molar-refractivity contribution in [1.29, 1.82) is 0 Å². The minimum atomic E-state index is -0.496. The van der Waals surface area contributed by atoms with Gasteiger partial charge in [-0.1, -0.05) is 29.8 Å². The van der Waals surface area contributed by atoms with Gasteiger partial charge < -0.3 is 25.6 Å². The second kappa shape index (κ2) is 10.7. The highest BCUT2D eigenvalue weighted by Crippen LogP contribution is 2.21. The van der Waals surface area contributed by atoms with Gasteiger partial charge in [0.25, 0.3) is 5.91 Å². The van der Waals surface area contributed by atoms with Crippen LogP contribution in [-0.4, -0.2) is 56.1 Å². The third kappa shape index (κ3) is 6.29. The lowest BCUT2D eigenvalue weighted by Crippen LogP contribution is -2.52. The summed E-state index contributed by atoms with van der Waals surface area (Å²) in [6.07, 6.45) is 0. The normalized spacial score (nSPS) is 14.5. The highest BCUT2D eigenvalue weighted by molar-refractivity contribution is 6.30. The van der Waals surface area contributed by atoms with Crippen LogP contribution in [-0.2, 0) is 11.3 Å². The molecule has 30 heavy (non-hydrogen) atoms. The van der Waals surface area contributed by atoms with E-state index in [1.54, 1.807) is 6.07 Å². The zero-order valence-electron chi connectivity index (χ0n) is 17.2. The van der Waals surface area contributed by atoms with Gasteiger partial charge in [0.2, 0.25) is 0 Å². The first kappa shape index (κ1) is 21.8. The number of nitrogens with two attached hydrogens (primary N) is 1. The lowest BCUT2D eigenvalue weighted by Gasteiger charge is -2.37. The lowest BCUT2D eigenvalue weighted by molar-refractivity contribution is -0.119. The SMILES string of the molecule is CCNC(=NCc1cccc(OCC(N)=O)c1)N1CCN(c2cccc(Cl)c2)CC1. The Bertz CT molecular complexity index is 881. The summed E-state index contributed by atoms with van der Waals surface area (Å²) in [4.78, 5) is 20.3. The maximum Gasteiger partial charge on any atom is 0.255 e. The fraction of sp³-hybridized carbons (Fsp3) is 0.364. The number of carbonyl (C=O) groups is 1. The summed E-state index contributed by atoms with van der Waals surface area (Å²) >= 11 is 6.13. The highest BCUT2D eigenvalue weighted by atomic mass is 35.5. The zero-order chi connectivity index (χ0) is 21.3. The summed E-state index contributed by atoms with van der Waals surface area (Å²) < 4.78 is 5.38. The van der Waals surface area contributed by atoms with E-state index in [2.05, 4.69) is 28.1 Å². The lowest BCUT2D eigenvalue weighted by atomic mass is 10.2. The molecule has 0 atom stereocenters. The molecular weight excluding hydrogens is 402 g/mol. The number of ether oxygens (including phenoxy) is 1. The number of piperazine rings is 1. The smallest absolute Gasteiger partial charge is 0.255 e. The van der Waals surface area contributed by atoms with Crippen LogP contribution in [0.2, 0.25) is 5.02 Å². The van der Waals surface area contributed by atoms with E-state index in [1.165, 1.54) is 0 Å². The number of nitrogens with one attached hydrogen (secondary N) is 1. The number of amides is 1. The third-order valence-corrected chi connectivity index (χ3v) is 5.01. The molecule has 0 radical (unpaired) electrons. The molecule has 1 fully saturated rings. The molecule has 2 aromatic carbocycles. The number of hydrogen-bond acceptors (Lipinski definition) is 4. The quantitative estimate of drug-likeness (QED) is 0.522. The molecule has 160 valence electrons. The van der Waals surface area contributed by atoms with Crippen molar-refractivity contribution < 1.29 is 9.53 Å². The average molecular weight is 430 g/mol. The molecule has 1 saturated heterocycles. The van der Waals surface area contributed by atoms with E-state index in [1.807, 2.05) is 36.4 Å². The number of nitrogens with zero attached hydrogens (tertiary/aromatic N) is 3. The van der Waals surface area contributed by atoms with Crippen LogP contribution < -0.4 is 20.7 Å². The minimum absolute atomic E-state index is 0.133. The van der Waals surface area contributed by atoms with Gasteiger partial charge in [0.1, 0.15) is 5.75 Å². The number of carbonyl (C=O) groups excluding carboxylic acids is 1. The Balaban J connectivity index is 1.61. The van der Waals surface area contributed by atoms with E-state index >= 15 is 0 Å². The molecule has 0 saturated carbocycles. The van der Waals surface area contributed by atoms with Crippen molar-refractivity contribution in [3.8, 4) is 5.75 Å². The Hall–Kier alpha value is -2.93. The molecule has 2 aromatic rings. The molecule has 0 unspecified atom stereocenters. The number of primary amides is 1. The van der Waals surface area contributed by atoms with Crippen molar-refractivity contribution in [2.24, 2.45) is 10.7 Å². The predicted molar refractivity (Wildman–Crippen MR) is 121 cm³/mol. The maximum atomic E-state index is 10.9. The van der Waals surface area contributed by atoms with Crippen LogP contribution in [0.1, 0.15) is 12.5 Å². The second-order valence-electron chi connectivity index (χ2n) is 7.03. The van der Waals surface area contributed by atoms with Gasteiger partial charge in [-0.15, -0.1) is 0 Å². The monoisotopic (exact) mass is 429 g/mol. The summed E-state index contributed by atoms with van der Waals surface area (Å²) in [6, 6.07) is 15.5. The fourth-order valence-corrected chi connectivity index (χ4v) is 3.51. The van der Waals surface area contributed by atoms with E-state index in [4.69, 9.17) is 27.1 Å². The molecule has 0 aromatic heterocycles. The molecule has 8 heteroatoms. The van der Waals surface area contributed by atoms with Crippen LogP contribution in [0.5, 0.6) is 5.75 Å². The number of aliphatic imine (C=N–C) groups is 1. The number of benzene rings is 2. The second-order valence-corrected chi connectivity index (χ2v) is 7.46. The molecule has 1 heterocycles. The van der Waals surface area contributed by atoms with Crippen LogP contribution in [0.25, 0.3) is 0 Å². The van der Waals surface area contributed by atoms with E-state index < -0.39 is 5.91 Å². The van der Waals surface area contributed by atoms with Gasteiger partial charge in [0.15, 0.2) is 12.6 Å². The number of anilines is 1. The molecule has 3 rings (SSSR count). The maximum absolute atomic E-state index is 10.9. The van der Waals surface area contributed by atoms with E-state index in [0.717, 1.165) is 55.0 Å². The Labute approximate surface area is 182 Å². The fourth-order valence-electron chi connectivity index (χ4n) is 3.33. The summed E-state index contributed by atoms with van der Waals surface area (Å²) in [7, 11) is 0. The van der Waals surface area contributed by atoms with Crippen molar-refractivity contribution in [2.75, 3.05) is 44.2 Å². The van der Waals surface area contributed by atoms with Gasteiger partial charge in [-0.2, -0.15) is 0 Å². The Morgan fingerprint density at radius 3 is 2.63 bits per heavy atom. The van der Waals surface area contributed by atoms with Crippen LogP contribution in [0.4, 0.5) is 5.69 Å². The molecular formula is C22H28ClN5O2. The van der Waals surface area contributed by atoms with Gasteiger partial charge >= 0.3 is 0 Å². The first-order chi connectivity index (χ1) is 14.5. The summed E-state index contributed by atoms with van der Waals surface area (Å²) in [6.45, 7) is 6.81. The van der Waals surface area contributed by atoms with E-state index in [9.17, 15) is 4.79 Å². The van der Waals surface area contributed by atoms with Crippen molar-refractivity contribution in [2.45, 2.75) is 13.5 Å². The third-order valence-electron chi connectivity index (χ3n) is 4.78. The minimum Gasteiger partial charge on any atom is -0.484 e. The Morgan fingerprint density at radius 2 is 1.93 bits per heavy atom. The molecule has 1 aliphatic rings. The van der Waals surface area contributed by atoms with Crippen LogP contribution in [0.3, 0.4) is 0 Å². The van der Waals surface area contributed by atoms with Gasteiger partial charge in [-0.25, -0.2) is 4.99 Å². The molecule has 0 bridgehead atoms. The van der Waals surface area contributed by atoms with Gasteiger partial charge in [0, 0.05) is 43.4 Å². The summed E-state index contributed by atoms with van der Waals surface area (Å²) in [5, 5.41) is 4.14. The zero-order valence-corrected chi connectivity index (χ0v) is 17.9. The first-order valence-corrected chi connectivity index (χ1v) is 10.5. The van der Waals surface area contributed by atoms with E-state index in [0.29, 0.717) is 12.3 Å². The van der Waals surface area contributed by atoms with Crippen molar-refractivity contribution in [3.05, 3.63) is 59.1 Å². The molecule has 1 aliphatic heterocycles. The molecule has 0 aliphatic carbocycles. The molecule has 3 N–H and O–H groups in total. The van der Waals surface area contributed by atoms with Gasteiger partial charge in [-0.3, -0.25) is 4.79 Å². The van der Waals surface area contributed by atoms with E-state index in [-0.39, 0.29) is 6.61 Å². The van der Waals surface area contributed by atoms with Gasteiger partial charge in [0.05, 0.1) is 6.54 Å². The largest absolute Gasteiger partial charge is 0.484 e. The number of rotatable bonds is 7. The van der Waals surface area contributed by atoms with Crippen LogP contribution in [0, 0.1) is 0 Å². The first-order valence-electron chi connectivity index (χ1n) is 10.1. The number of halogens is 1. The summed E-state index contributed by atoms with van der Waals surface area (Å²) in [5.41, 5.74) is 7.29. The Morgan fingerprint density at radius 1 is 1.17 bits per heavy atom. The standard InChI is InChI=1S/C22H28ClN5O2/c1-2-25-22(26-15-17-5-3-8-20(13-17)30-16-21(24)29)28-11-9-27(10-12-28)19-7-4-6-18(23)14-19/h3-8,13-14H,2,9-12,15-16H2,1H3,(H2,24,29)(H,25,26). The van der Waals surface area contributed by atoms with Crippen LogP contribution in [0.15, 0.2) is 53.5 Å². The topological polar surface area (TPSA) is 83.2 Å². The molecule has 1 amide bonds. The van der Waals surface area contributed by atoms with Crippen molar-refractivity contribution in [1.82, 2.24) is 10.2 Å². The predicted octanol–water partition coefficient (Wildman–Crippen LogP) is 2.49. The Kier molecular flexibility index (Phi) is 7.79. The molecule has 0 spiro atoms. The van der Waals surface area contributed by atoms with Gasteiger partial charge in [-0.05, 0) is 42.8 Å². The number of guanidine groups is 1. The average Bonchev–Trinajstić information content (AvgIpc) is 2.76. The van der Waals surface area contributed by atoms with Crippen LogP contribution >= 0.6 is 11.6 Å². The van der Waals surface area contributed by atoms with Crippen molar-refractivity contribution in [3.63, 3.8) is 0 Å². The number of hydrogen-bond donors (Lipinski definition) is 2. The highest BCUT2D eigenvalue weighted by Gasteiger charge is 2.20. The molecule has 7 nitrogen and oxygen atoms in total. The van der Waals surface area contributed by atoms with Crippen molar-refractivity contribution >= 4 is 29.2 Å².